The summed E-state index contributed by atoms with van der Waals surface area (Å²) in [6, 6.07) is 0. The van der Waals surface area contributed by atoms with Gasteiger partial charge in [0.25, 0.3) is 0 Å². The summed E-state index contributed by atoms with van der Waals surface area (Å²) in [6.45, 7) is 2.77. The molecule has 2 fully saturated rings. The molecule has 2 aliphatic heterocycles. The van der Waals surface area contributed by atoms with Gasteiger partial charge in [-0.1, -0.05) is 0 Å². The van der Waals surface area contributed by atoms with Crippen molar-refractivity contribution >= 4 is 0 Å². The van der Waals surface area contributed by atoms with Gasteiger partial charge in [-0.05, 0) is 38.0 Å². The second-order valence-electron chi connectivity index (χ2n) is 4.55. The average Bonchev–Trinajstić information content (AvgIpc) is 2.69. The van der Waals surface area contributed by atoms with Crippen molar-refractivity contribution in [1.29, 1.82) is 0 Å². The van der Waals surface area contributed by atoms with E-state index in [1.165, 1.54) is 0 Å². The maximum absolute atomic E-state index is 9.39. The van der Waals surface area contributed by atoms with Gasteiger partial charge in [-0.15, -0.1) is 0 Å². The molecule has 1 unspecified atom stereocenters. The Morgan fingerprint density at radius 1 is 1.21 bits per heavy atom. The first-order valence-corrected chi connectivity index (χ1v) is 5.67. The summed E-state index contributed by atoms with van der Waals surface area (Å²) in [7, 11) is 0. The average molecular weight is 200 g/mol. The summed E-state index contributed by atoms with van der Waals surface area (Å²) in [6.07, 6.45) is 5.41. The normalized spacial score (nSPS) is 34.9. The zero-order valence-corrected chi connectivity index (χ0v) is 8.71. The Hall–Kier alpha value is -0.120. The Kier molecular flexibility index (Phi) is 3.42. The van der Waals surface area contributed by atoms with Crippen LogP contribution in [0.15, 0.2) is 0 Å². The van der Waals surface area contributed by atoms with Gasteiger partial charge in [-0.25, -0.2) is 0 Å². The highest BCUT2D eigenvalue weighted by atomic mass is 16.5. The third-order valence-corrected chi connectivity index (χ3v) is 3.47. The third-order valence-electron chi connectivity index (χ3n) is 3.47. The minimum Gasteiger partial charge on any atom is -0.393 e. The lowest BCUT2D eigenvalue weighted by Gasteiger charge is -2.32. The largest absolute Gasteiger partial charge is 0.393 e. The van der Waals surface area contributed by atoms with E-state index < -0.39 is 0 Å². The molecule has 0 bridgehead atoms. The molecule has 2 aliphatic rings. The molecule has 3 heteroatoms. The molecule has 0 amide bonds. The number of aliphatic hydroxyl groups is 1. The van der Waals surface area contributed by atoms with Crippen molar-refractivity contribution in [3.05, 3.63) is 0 Å². The monoisotopic (exact) mass is 200 g/mol. The van der Waals surface area contributed by atoms with Crippen LogP contribution < -0.4 is 0 Å². The molecule has 0 aromatic carbocycles. The number of aliphatic hydroxyl groups excluding tert-OH is 1. The van der Waals surface area contributed by atoms with Gasteiger partial charge in [-0.2, -0.15) is 0 Å². The molecule has 2 heterocycles. The van der Waals surface area contributed by atoms with E-state index in [1.807, 2.05) is 0 Å². The van der Waals surface area contributed by atoms with Crippen molar-refractivity contribution in [3.8, 4) is 0 Å². The number of rotatable bonds is 3. The Balaban J connectivity index is 1.86. The van der Waals surface area contributed by atoms with Crippen molar-refractivity contribution < 1.29 is 14.6 Å². The van der Waals surface area contributed by atoms with Gasteiger partial charge in [0, 0.05) is 19.8 Å². The van der Waals surface area contributed by atoms with E-state index in [2.05, 4.69) is 0 Å². The molecule has 2 saturated heterocycles. The lowest BCUT2D eigenvalue weighted by molar-refractivity contribution is -0.0647. The van der Waals surface area contributed by atoms with Crippen molar-refractivity contribution in [1.82, 2.24) is 0 Å². The first kappa shape index (κ1) is 10.4. The SMILES string of the molecule is OCC1(CC2CCOCC2)CCCO1. The van der Waals surface area contributed by atoms with Crippen LogP contribution in [-0.4, -0.2) is 37.1 Å². The van der Waals surface area contributed by atoms with Gasteiger partial charge < -0.3 is 14.6 Å². The second-order valence-corrected chi connectivity index (χ2v) is 4.55. The van der Waals surface area contributed by atoms with Gasteiger partial charge in [0.2, 0.25) is 0 Å². The minimum absolute atomic E-state index is 0.185. The van der Waals surface area contributed by atoms with E-state index in [-0.39, 0.29) is 12.2 Å². The molecule has 14 heavy (non-hydrogen) atoms. The van der Waals surface area contributed by atoms with Crippen LogP contribution >= 0.6 is 0 Å². The van der Waals surface area contributed by atoms with Gasteiger partial charge in [0.1, 0.15) is 0 Å². The first-order valence-electron chi connectivity index (χ1n) is 5.67. The van der Waals surface area contributed by atoms with Crippen LogP contribution in [0.5, 0.6) is 0 Å². The molecule has 1 N–H and O–H groups in total. The van der Waals surface area contributed by atoms with Crippen molar-refractivity contribution in [2.75, 3.05) is 26.4 Å². The topological polar surface area (TPSA) is 38.7 Å². The maximum Gasteiger partial charge on any atom is 0.0915 e. The molecule has 1 atom stereocenters. The highest BCUT2D eigenvalue weighted by molar-refractivity contribution is 4.87. The molecular formula is C11H20O3. The quantitative estimate of drug-likeness (QED) is 0.747. The Morgan fingerprint density at radius 2 is 2.00 bits per heavy atom. The van der Waals surface area contributed by atoms with Crippen molar-refractivity contribution in [2.24, 2.45) is 5.92 Å². The number of hydrogen-bond acceptors (Lipinski definition) is 3. The van der Waals surface area contributed by atoms with Crippen LogP contribution in [0.25, 0.3) is 0 Å². The van der Waals surface area contributed by atoms with Crippen LogP contribution in [-0.2, 0) is 9.47 Å². The number of hydrogen-bond donors (Lipinski definition) is 1. The number of ether oxygens (including phenoxy) is 2. The van der Waals surface area contributed by atoms with E-state index in [0.717, 1.165) is 51.9 Å². The fraction of sp³-hybridized carbons (Fsp3) is 1.00. The lowest BCUT2D eigenvalue weighted by Crippen LogP contribution is -2.36. The van der Waals surface area contributed by atoms with Gasteiger partial charge in [-0.3, -0.25) is 0 Å². The molecule has 2 rings (SSSR count). The van der Waals surface area contributed by atoms with E-state index in [4.69, 9.17) is 9.47 Å². The van der Waals surface area contributed by atoms with E-state index in [9.17, 15) is 5.11 Å². The second kappa shape index (κ2) is 4.60. The fourth-order valence-corrected chi connectivity index (χ4v) is 2.58. The summed E-state index contributed by atoms with van der Waals surface area (Å²) in [4.78, 5) is 0. The standard InChI is InChI=1S/C11H20O3/c12-9-11(4-1-5-14-11)8-10-2-6-13-7-3-10/h10,12H,1-9H2. The first-order chi connectivity index (χ1) is 6.85. The molecule has 0 aliphatic carbocycles. The van der Waals surface area contributed by atoms with Gasteiger partial charge >= 0.3 is 0 Å². The summed E-state index contributed by atoms with van der Waals surface area (Å²) < 4.78 is 11.0. The third kappa shape index (κ3) is 2.27. The molecule has 0 saturated carbocycles. The van der Waals surface area contributed by atoms with Gasteiger partial charge in [0.05, 0.1) is 12.2 Å². The van der Waals surface area contributed by atoms with E-state index >= 15 is 0 Å². The minimum atomic E-state index is -0.206. The zero-order valence-electron chi connectivity index (χ0n) is 8.71. The molecular weight excluding hydrogens is 180 g/mol. The van der Waals surface area contributed by atoms with Crippen LogP contribution in [0.1, 0.15) is 32.1 Å². The Bertz CT molecular complexity index is 169. The summed E-state index contributed by atoms with van der Waals surface area (Å²) in [5, 5.41) is 9.39. The summed E-state index contributed by atoms with van der Waals surface area (Å²) in [5.74, 6) is 0.689. The van der Waals surface area contributed by atoms with Crippen LogP contribution in [0.4, 0.5) is 0 Å². The lowest BCUT2D eigenvalue weighted by atomic mass is 9.85. The summed E-state index contributed by atoms with van der Waals surface area (Å²) >= 11 is 0. The highest BCUT2D eigenvalue weighted by Gasteiger charge is 2.37. The van der Waals surface area contributed by atoms with E-state index in [1.54, 1.807) is 0 Å². The summed E-state index contributed by atoms with van der Waals surface area (Å²) in [5.41, 5.74) is -0.206. The van der Waals surface area contributed by atoms with Crippen molar-refractivity contribution in [3.63, 3.8) is 0 Å². The van der Waals surface area contributed by atoms with Crippen LogP contribution in [0.2, 0.25) is 0 Å². The molecule has 0 aromatic heterocycles. The zero-order chi connectivity index (χ0) is 9.86. The molecule has 0 aromatic rings. The van der Waals surface area contributed by atoms with Crippen LogP contribution in [0.3, 0.4) is 0 Å². The van der Waals surface area contributed by atoms with Gasteiger partial charge in [0.15, 0.2) is 0 Å². The van der Waals surface area contributed by atoms with E-state index in [0.29, 0.717) is 5.92 Å². The molecule has 0 spiro atoms. The Labute approximate surface area is 85.4 Å². The highest BCUT2D eigenvalue weighted by Crippen LogP contribution is 2.34. The predicted octanol–water partition coefficient (Wildman–Crippen LogP) is 1.34. The van der Waals surface area contributed by atoms with Crippen molar-refractivity contribution in [2.45, 2.75) is 37.7 Å². The molecule has 82 valence electrons. The smallest absolute Gasteiger partial charge is 0.0915 e. The molecule has 3 nitrogen and oxygen atoms in total. The Morgan fingerprint density at radius 3 is 2.57 bits per heavy atom. The fourth-order valence-electron chi connectivity index (χ4n) is 2.58. The predicted molar refractivity (Wildman–Crippen MR) is 53.2 cm³/mol. The van der Waals surface area contributed by atoms with Crippen LogP contribution in [0, 0.1) is 5.92 Å². The molecule has 0 radical (unpaired) electrons. The maximum atomic E-state index is 9.39.